The number of ether oxygens (including phenoxy) is 2. The number of aliphatic imine (C=N–C) groups is 1. The Balaban J connectivity index is 1.75. The number of amides is 1. The van der Waals surface area contributed by atoms with Crippen LogP contribution in [0.1, 0.15) is 42.1 Å². The molecule has 0 atom stereocenters. The Morgan fingerprint density at radius 1 is 1.18 bits per heavy atom. The van der Waals surface area contributed by atoms with E-state index in [1.165, 1.54) is 0 Å². The van der Waals surface area contributed by atoms with Gasteiger partial charge in [-0.2, -0.15) is 0 Å². The highest BCUT2D eigenvalue weighted by Gasteiger charge is 2.21. The Bertz CT molecular complexity index is 611. The first-order valence-corrected chi connectivity index (χ1v) is 10.1. The van der Waals surface area contributed by atoms with Crippen LogP contribution in [0.15, 0.2) is 29.3 Å². The van der Waals surface area contributed by atoms with Crippen LogP contribution in [0.2, 0.25) is 0 Å². The molecule has 0 spiro atoms. The standard InChI is InChI=1S/C21H34N4O3/c1-4-23-20(26)18-8-6-17(7-9-18)16-24-21(22-2)25-12-10-19(11-13-25)28-15-5-14-27-3/h6-9,19H,4-5,10-16H2,1-3H3,(H,22,24)(H,23,26). The van der Waals surface area contributed by atoms with E-state index in [4.69, 9.17) is 9.47 Å². The molecule has 1 aliphatic rings. The zero-order valence-corrected chi connectivity index (χ0v) is 17.4. The topological polar surface area (TPSA) is 75.2 Å². The Kier molecular flexibility index (Phi) is 9.79. The molecule has 0 radical (unpaired) electrons. The number of rotatable bonds is 9. The molecule has 1 saturated heterocycles. The lowest BCUT2D eigenvalue weighted by atomic mass is 10.1. The molecule has 1 aromatic rings. The second kappa shape index (κ2) is 12.4. The van der Waals surface area contributed by atoms with Gasteiger partial charge in [-0.15, -0.1) is 0 Å². The fourth-order valence-corrected chi connectivity index (χ4v) is 3.24. The van der Waals surface area contributed by atoms with Crippen molar-refractivity contribution in [3.8, 4) is 0 Å². The molecule has 0 saturated carbocycles. The van der Waals surface area contributed by atoms with E-state index in [1.54, 1.807) is 7.11 Å². The van der Waals surface area contributed by atoms with E-state index in [0.29, 0.717) is 24.8 Å². The Labute approximate surface area is 168 Å². The minimum atomic E-state index is -0.0369. The maximum absolute atomic E-state index is 11.8. The second-order valence-electron chi connectivity index (χ2n) is 6.86. The van der Waals surface area contributed by atoms with Crippen molar-refractivity contribution in [2.75, 3.05) is 47.0 Å². The molecule has 1 aliphatic heterocycles. The van der Waals surface area contributed by atoms with E-state index in [1.807, 2.05) is 38.2 Å². The summed E-state index contributed by atoms with van der Waals surface area (Å²) in [7, 11) is 3.53. The van der Waals surface area contributed by atoms with E-state index >= 15 is 0 Å². The van der Waals surface area contributed by atoms with E-state index in [0.717, 1.165) is 57.1 Å². The highest BCUT2D eigenvalue weighted by molar-refractivity contribution is 5.94. The maximum Gasteiger partial charge on any atom is 0.251 e. The van der Waals surface area contributed by atoms with Gasteiger partial charge in [-0.05, 0) is 43.9 Å². The van der Waals surface area contributed by atoms with Crippen molar-refractivity contribution in [3.63, 3.8) is 0 Å². The Morgan fingerprint density at radius 3 is 2.50 bits per heavy atom. The van der Waals surface area contributed by atoms with Crippen molar-refractivity contribution in [3.05, 3.63) is 35.4 Å². The molecule has 28 heavy (non-hydrogen) atoms. The minimum absolute atomic E-state index is 0.0369. The number of nitrogens with zero attached hydrogens (tertiary/aromatic N) is 2. The molecular weight excluding hydrogens is 356 g/mol. The number of likely N-dealkylation sites (tertiary alicyclic amines) is 1. The van der Waals surface area contributed by atoms with Crippen molar-refractivity contribution < 1.29 is 14.3 Å². The van der Waals surface area contributed by atoms with E-state index in [9.17, 15) is 4.79 Å². The predicted octanol–water partition coefficient (Wildman–Crippen LogP) is 2.03. The van der Waals surface area contributed by atoms with Crippen molar-refractivity contribution in [1.82, 2.24) is 15.5 Å². The summed E-state index contributed by atoms with van der Waals surface area (Å²) in [5.74, 6) is 0.871. The molecule has 0 unspecified atom stereocenters. The number of carbonyl (C=O) groups is 1. The number of carbonyl (C=O) groups excluding carboxylic acids is 1. The SMILES string of the molecule is CCNC(=O)c1ccc(CNC(=NC)N2CCC(OCCCOC)CC2)cc1. The van der Waals surface area contributed by atoms with E-state index in [-0.39, 0.29) is 5.91 Å². The normalized spacial score (nSPS) is 15.5. The molecule has 2 rings (SSSR count). The van der Waals surface area contributed by atoms with Crippen LogP contribution in [0.25, 0.3) is 0 Å². The lowest BCUT2D eigenvalue weighted by Gasteiger charge is -2.34. The second-order valence-corrected chi connectivity index (χ2v) is 6.86. The fraction of sp³-hybridized carbons (Fsp3) is 0.619. The van der Waals surface area contributed by atoms with Crippen LogP contribution in [0.3, 0.4) is 0 Å². The summed E-state index contributed by atoms with van der Waals surface area (Å²) < 4.78 is 11.0. The van der Waals surface area contributed by atoms with Gasteiger partial charge in [0.25, 0.3) is 5.91 Å². The molecule has 0 bridgehead atoms. The molecule has 0 aliphatic carbocycles. The molecular formula is C21H34N4O3. The monoisotopic (exact) mass is 390 g/mol. The molecule has 7 heteroatoms. The van der Waals surface area contributed by atoms with Crippen LogP contribution < -0.4 is 10.6 Å². The van der Waals surface area contributed by atoms with Gasteiger partial charge >= 0.3 is 0 Å². The average molecular weight is 391 g/mol. The van der Waals surface area contributed by atoms with Gasteiger partial charge in [0.05, 0.1) is 6.10 Å². The summed E-state index contributed by atoms with van der Waals surface area (Å²) in [5, 5.41) is 6.23. The lowest BCUT2D eigenvalue weighted by Crippen LogP contribution is -2.46. The quantitative estimate of drug-likeness (QED) is 0.383. The van der Waals surface area contributed by atoms with E-state index < -0.39 is 0 Å². The van der Waals surface area contributed by atoms with Gasteiger partial charge in [0.1, 0.15) is 0 Å². The molecule has 1 amide bonds. The Hall–Kier alpha value is -2.12. The van der Waals surface area contributed by atoms with Crippen molar-refractivity contribution in [2.24, 2.45) is 4.99 Å². The first kappa shape index (κ1) is 22.2. The third-order valence-electron chi connectivity index (χ3n) is 4.80. The summed E-state index contributed by atoms with van der Waals surface area (Å²) >= 11 is 0. The molecule has 2 N–H and O–H groups in total. The first-order valence-electron chi connectivity index (χ1n) is 10.1. The van der Waals surface area contributed by atoms with Gasteiger partial charge in [0.2, 0.25) is 0 Å². The summed E-state index contributed by atoms with van der Waals surface area (Å²) in [5.41, 5.74) is 1.80. The number of hydrogen-bond acceptors (Lipinski definition) is 4. The number of methoxy groups -OCH3 is 1. The Morgan fingerprint density at radius 2 is 1.89 bits per heavy atom. The third kappa shape index (κ3) is 7.13. The summed E-state index contributed by atoms with van der Waals surface area (Å²) in [6.45, 7) is 6.61. The van der Waals surface area contributed by atoms with Crippen LogP contribution in [0.5, 0.6) is 0 Å². The highest BCUT2D eigenvalue weighted by Crippen LogP contribution is 2.14. The zero-order chi connectivity index (χ0) is 20.2. The van der Waals surface area contributed by atoms with Crippen LogP contribution >= 0.6 is 0 Å². The van der Waals surface area contributed by atoms with Gasteiger partial charge in [0, 0.05) is 59.1 Å². The smallest absolute Gasteiger partial charge is 0.251 e. The predicted molar refractivity (Wildman–Crippen MR) is 112 cm³/mol. The average Bonchev–Trinajstić information content (AvgIpc) is 2.73. The largest absolute Gasteiger partial charge is 0.385 e. The van der Waals surface area contributed by atoms with Gasteiger partial charge in [0.15, 0.2) is 5.96 Å². The van der Waals surface area contributed by atoms with Crippen molar-refractivity contribution in [1.29, 1.82) is 0 Å². The zero-order valence-electron chi connectivity index (χ0n) is 17.4. The summed E-state index contributed by atoms with van der Waals surface area (Å²) in [6.07, 6.45) is 3.29. The maximum atomic E-state index is 11.8. The van der Waals surface area contributed by atoms with Crippen LogP contribution in [0.4, 0.5) is 0 Å². The molecule has 1 fully saturated rings. The van der Waals surface area contributed by atoms with E-state index in [2.05, 4.69) is 20.5 Å². The van der Waals surface area contributed by atoms with Gasteiger partial charge < -0.3 is 25.0 Å². The number of benzene rings is 1. The lowest BCUT2D eigenvalue weighted by molar-refractivity contribution is 0.00989. The molecule has 156 valence electrons. The molecule has 1 aromatic carbocycles. The van der Waals surface area contributed by atoms with Gasteiger partial charge in [-0.25, -0.2) is 0 Å². The number of nitrogens with one attached hydrogen (secondary N) is 2. The molecule has 7 nitrogen and oxygen atoms in total. The molecule has 1 heterocycles. The molecule has 0 aromatic heterocycles. The number of piperidine rings is 1. The number of guanidine groups is 1. The van der Waals surface area contributed by atoms with Crippen molar-refractivity contribution in [2.45, 2.75) is 38.8 Å². The van der Waals surface area contributed by atoms with Gasteiger partial charge in [-0.3, -0.25) is 9.79 Å². The third-order valence-corrected chi connectivity index (χ3v) is 4.80. The minimum Gasteiger partial charge on any atom is -0.385 e. The summed E-state index contributed by atoms with van der Waals surface area (Å²) in [4.78, 5) is 18.5. The van der Waals surface area contributed by atoms with Crippen LogP contribution in [-0.4, -0.2) is 69.9 Å². The van der Waals surface area contributed by atoms with Crippen LogP contribution in [0, 0.1) is 0 Å². The summed E-state index contributed by atoms with van der Waals surface area (Å²) in [6, 6.07) is 7.67. The van der Waals surface area contributed by atoms with Crippen molar-refractivity contribution >= 4 is 11.9 Å². The first-order chi connectivity index (χ1) is 13.7. The van der Waals surface area contributed by atoms with Gasteiger partial charge in [-0.1, -0.05) is 12.1 Å². The fourth-order valence-electron chi connectivity index (χ4n) is 3.24. The van der Waals surface area contributed by atoms with Crippen LogP contribution in [-0.2, 0) is 16.0 Å². The number of hydrogen-bond donors (Lipinski definition) is 2. The highest BCUT2D eigenvalue weighted by atomic mass is 16.5.